The summed E-state index contributed by atoms with van der Waals surface area (Å²) in [6.45, 7) is 0. The van der Waals surface area contributed by atoms with Gasteiger partial charge in [-0.15, -0.1) is 0 Å². The highest BCUT2D eigenvalue weighted by molar-refractivity contribution is 7.89. The van der Waals surface area contributed by atoms with Crippen molar-refractivity contribution in [2.45, 2.75) is 30.2 Å². The molecule has 2 saturated carbocycles. The Balaban J connectivity index is 1.71. The number of sulfone groups is 1. The van der Waals surface area contributed by atoms with Gasteiger partial charge in [-0.25, -0.2) is 8.42 Å². The van der Waals surface area contributed by atoms with Gasteiger partial charge in [0.25, 0.3) is 0 Å². The number of aromatic nitrogens is 1. The van der Waals surface area contributed by atoms with Crippen LogP contribution in [0.1, 0.15) is 27.9 Å². The summed E-state index contributed by atoms with van der Waals surface area (Å²) in [7, 11) is -0.649. The predicted molar refractivity (Wildman–Crippen MR) is 143 cm³/mol. The molecule has 5 rings (SSSR count). The third-order valence-electron chi connectivity index (χ3n) is 8.50. The Hall–Kier alpha value is -3.81. The molecule has 2 aromatic rings. The van der Waals surface area contributed by atoms with Gasteiger partial charge in [-0.05, 0) is 56.6 Å². The highest BCUT2D eigenvalue weighted by Gasteiger charge is 2.69. The summed E-state index contributed by atoms with van der Waals surface area (Å²) >= 11 is 0. The SMILES string of the molecule is CN(C)[C@@H]1C(=O)C(C(N)=O)C(=O)[C@@]2(O)C(=O)C3C(=O)c4c(O)c(CS(C)(=O)=O)cc(-c5ccccn5)c4C[C@H]3C[C@@H]12. The van der Waals surface area contributed by atoms with Crippen molar-refractivity contribution < 1.29 is 42.6 Å². The van der Waals surface area contributed by atoms with Gasteiger partial charge in [0.05, 0.1) is 29.0 Å². The Morgan fingerprint density at radius 3 is 2.41 bits per heavy atom. The minimum Gasteiger partial charge on any atom is -0.507 e. The maximum Gasteiger partial charge on any atom is 0.235 e. The van der Waals surface area contributed by atoms with Crippen LogP contribution in [0.2, 0.25) is 0 Å². The highest BCUT2D eigenvalue weighted by Crippen LogP contribution is 2.52. The molecule has 0 aliphatic heterocycles. The van der Waals surface area contributed by atoms with Gasteiger partial charge in [0.15, 0.2) is 44.5 Å². The molecule has 3 aliphatic rings. The normalized spacial score (nSPS) is 29.6. The van der Waals surface area contributed by atoms with E-state index < -0.39 is 85.7 Å². The first-order valence-corrected chi connectivity index (χ1v) is 15.0. The number of phenolic OH excluding ortho intramolecular Hbond substituents is 1. The lowest BCUT2D eigenvalue weighted by Gasteiger charge is -2.52. The zero-order chi connectivity index (χ0) is 30.2. The van der Waals surface area contributed by atoms with E-state index in [1.54, 1.807) is 18.2 Å². The summed E-state index contributed by atoms with van der Waals surface area (Å²) in [6, 6.07) is 5.28. The lowest BCUT2D eigenvalue weighted by molar-refractivity contribution is -0.181. The number of likely N-dealkylation sites (N-methyl/N-ethyl adjacent to an activating group) is 1. The summed E-state index contributed by atoms with van der Waals surface area (Å²) in [4.78, 5) is 72.6. The molecule has 0 saturated heterocycles. The molecule has 0 bridgehead atoms. The van der Waals surface area contributed by atoms with Gasteiger partial charge in [0.2, 0.25) is 5.91 Å². The number of pyridine rings is 1. The molecule has 3 aliphatic carbocycles. The van der Waals surface area contributed by atoms with E-state index in [0.29, 0.717) is 16.8 Å². The zero-order valence-electron chi connectivity index (χ0n) is 22.5. The fourth-order valence-corrected chi connectivity index (χ4v) is 7.66. The summed E-state index contributed by atoms with van der Waals surface area (Å²) < 4.78 is 24.3. The molecule has 1 aromatic heterocycles. The Morgan fingerprint density at radius 1 is 1.17 bits per heavy atom. The van der Waals surface area contributed by atoms with Gasteiger partial charge >= 0.3 is 0 Å². The van der Waals surface area contributed by atoms with E-state index in [-0.39, 0.29) is 24.0 Å². The molecule has 0 radical (unpaired) electrons. The lowest BCUT2D eigenvalue weighted by atomic mass is 9.52. The Labute approximate surface area is 235 Å². The Kier molecular flexibility index (Phi) is 6.75. The van der Waals surface area contributed by atoms with Crippen LogP contribution in [0.4, 0.5) is 0 Å². The number of nitrogens with two attached hydrogens (primary N) is 1. The molecule has 6 atom stereocenters. The Bertz CT molecular complexity index is 1640. The lowest BCUT2D eigenvalue weighted by Crippen LogP contribution is -2.74. The van der Waals surface area contributed by atoms with E-state index in [9.17, 15) is 42.6 Å². The molecule has 1 amide bonds. The number of aromatic hydroxyl groups is 1. The number of primary amides is 1. The van der Waals surface area contributed by atoms with E-state index in [2.05, 4.69) is 4.98 Å². The van der Waals surface area contributed by atoms with Crippen LogP contribution in [0.3, 0.4) is 0 Å². The fraction of sp³-hybridized carbons (Fsp3) is 0.429. The molecule has 2 fully saturated rings. The Morgan fingerprint density at radius 2 is 1.85 bits per heavy atom. The summed E-state index contributed by atoms with van der Waals surface area (Å²) in [5.41, 5.74) is 3.28. The maximum atomic E-state index is 14.1. The minimum atomic E-state index is -3.67. The van der Waals surface area contributed by atoms with E-state index in [1.807, 2.05) is 0 Å². The van der Waals surface area contributed by atoms with Gasteiger partial charge in [-0.1, -0.05) is 6.07 Å². The number of nitrogens with zero attached hydrogens (tertiary/aromatic N) is 2. The van der Waals surface area contributed by atoms with Crippen molar-refractivity contribution in [3.8, 4) is 17.0 Å². The van der Waals surface area contributed by atoms with E-state index in [1.165, 1.54) is 31.3 Å². The standard InChI is InChI=1S/C28H29N3O9S/c1-31(2)21-16-10-12-8-15-14(17-6-4-5-7-30-17)9-13(11-41(3,39)40)22(32)19(15)23(33)18(12)25(35)28(16,38)26(36)20(24(21)34)27(29)37/h4-7,9,12,16,18,20-21,32,38H,8,10-11H2,1-3H3,(H2,29,37)/t12-,16-,18?,20?,21-,28-/m0/s1. The van der Waals surface area contributed by atoms with E-state index in [0.717, 1.165) is 6.26 Å². The van der Waals surface area contributed by atoms with Crippen molar-refractivity contribution in [1.29, 1.82) is 0 Å². The van der Waals surface area contributed by atoms with Crippen LogP contribution in [0.25, 0.3) is 11.3 Å². The monoisotopic (exact) mass is 583 g/mol. The number of fused-ring (bicyclic) bond motifs is 3. The van der Waals surface area contributed by atoms with E-state index >= 15 is 0 Å². The number of Topliss-reactive ketones (excluding diaryl/α,β-unsaturated/α-hetero) is 4. The number of carbonyl (C=O) groups excluding carboxylic acids is 5. The van der Waals surface area contributed by atoms with Crippen LogP contribution < -0.4 is 5.73 Å². The largest absolute Gasteiger partial charge is 0.507 e. The van der Waals surface area contributed by atoms with Crippen molar-refractivity contribution in [3.63, 3.8) is 0 Å². The summed E-state index contributed by atoms with van der Waals surface area (Å²) in [5.74, 6) is -12.4. The van der Waals surface area contributed by atoms with Gasteiger partial charge in [-0.3, -0.25) is 33.9 Å². The van der Waals surface area contributed by atoms with E-state index in [4.69, 9.17) is 5.73 Å². The van der Waals surface area contributed by atoms with Crippen LogP contribution in [-0.2, 0) is 41.2 Å². The van der Waals surface area contributed by atoms with Crippen molar-refractivity contribution in [2.75, 3.05) is 20.4 Å². The topological polar surface area (TPSA) is 202 Å². The average Bonchev–Trinajstić information content (AvgIpc) is 2.87. The minimum absolute atomic E-state index is 0.0322. The number of amides is 1. The quantitative estimate of drug-likeness (QED) is 0.382. The molecule has 1 aromatic carbocycles. The molecule has 0 spiro atoms. The predicted octanol–water partition coefficient (Wildman–Crippen LogP) is -0.526. The number of hydrogen-bond acceptors (Lipinski definition) is 11. The highest BCUT2D eigenvalue weighted by atomic mass is 32.2. The molecule has 13 heteroatoms. The summed E-state index contributed by atoms with van der Waals surface area (Å²) in [6.07, 6.45) is 2.41. The molecule has 12 nitrogen and oxygen atoms in total. The molecule has 41 heavy (non-hydrogen) atoms. The molecule has 4 N–H and O–H groups in total. The van der Waals surface area contributed by atoms with Gasteiger partial charge in [0, 0.05) is 29.5 Å². The third kappa shape index (κ3) is 4.30. The molecular formula is C28H29N3O9S. The second-order valence-electron chi connectivity index (χ2n) is 11.4. The number of rotatable bonds is 5. The number of hydrogen-bond donors (Lipinski definition) is 3. The molecule has 216 valence electrons. The van der Waals surface area contributed by atoms with Crippen LogP contribution in [0, 0.1) is 23.7 Å². The molecular weight excluding hydrogens is 554 g/mol. The second kappa shape index (κ2) is 9.64. The van der Waals surface area contributed by atoms with Crippen molar-refractivity contribution in [3.05, 3.63) is 47.2 Å². The van der Waals surface area contributed by atoms with Crippen LogP contribution in [0.5, 0.6) is 5.75 Å². The third-order valence-corrected chi connectivity index (χ3v) is 9.33. The van der Waals surface area contributed by atoms with Crippen molar-refractivity contribution in [1.82, 2.24) is 9.88 Å². The number of benzene rings is 1. The zero-order valence-corrected chi connectivity index (χ0v) is 23.3. The number of phenols is 1. The first-order chi connectivity index (χ1) is 19.1. The maximum absolute atomic E-state index is 14.1. The smallest absolute Gasteiger partial charge is 0.235 e. The first-order valence-electron chi connectivity index (χ1n) is 12.9. The fourth-order valence-electron chi connectivity index (χ4n) is 6.87. The van der Waals surface area contributed by atoms with Crippen LogP contribution in [0.15, 0.2) is 30.5 Å². The number of aliphatic hydroxyl groups is 1. The number of ketones is 4. The second-order valence-corrected chi connectivity index (χ2v) is 13.5. The average molecular weight is 584 g/mol. The van der Waals surface area contributed by atoms with Gasteiger partial charge in [0.1, 0.15) is 5.75 Å². The number of carbonyl (C=O) groups is 5. The molecule has 2 unspecified atom stereocenters. The van der Waals surface area contributed by atoms with Gasteiger partial charge < -0.3 is 15.9 Å². The first kappa shape index (κ1) is 28.7. The summed E-state index contributed by atoms with van der Waals surface area (Å²) in [5, 5.41) is 22.9. The van der Waals surface area contributed by atoms with Gasteiger partial charge in [-0.2, -0.15) is 0 Å². The van der Waals surface area contributed by atoms with Crippen LogP contribution >= 0.6 is 0 Å². The van der Waals surface area contributed by atoms with Crippen molar-refractivity contribution in [2.24, 2.45) is 29.4 Å². The van der Waals surface area contributed by atoms with Crippen LogP contribution in [-0.4, -0.2) is 89.5 Å². The van der Waals surface area contributed by atoms with Crippen molar-refractivity contribution >= 4 is 38.9 Å². The molecule has 1 heterocycles.